The standard InChI is InChI=1S/C10H18ClNO/c1-2-8-3-5-9(6-4-8)12-10(13)7-11/h8-9H,2-7H2,1H3,(H,12,13). The molecule has 76 valence electrons. The van der Waals surface area contributed by atoms with Crippen LogP contribution < -0.4 is 5.32 Å². The van der Waals surface area contributed by atoms with Gasteiger partial charge in [-0.2, -0.15) is 0 Å². The number of alkyl halides is 1. The topological polar surface area (TPSA) is 29.1 Å². The Morgan fingerprint density at radius 3 is 2.46 bits per heavy atom. The monoisotopic (exact) mass is 203 g/mol. The summed E-state index contributed by atoms with van der Waals surface area (Å²) in [6.07, 6.45) is 6.03. The Bertz CT molecular complexity index is 164. The Kier molecular flexibility index (Phi) is 4.57. The van der Waals surface area contributed by atoms with Gasteiger partial charge in [0.1, 0.15) is 5.88 Å². The van der Waals surface area contributed by atoms with Crippen LogP contribution in [0.4, 0.5) is 0 Å². The van der Waals surface area contributed by atoms with E-state index >= 15 is 0 Å². The molecule has 1 amide bonds. The van der Waals surface area contributed by atoms with Gasteiger partial charge in [-0.25, -0.2) is 0 Å². The summed E-state index contributed by atoms with van der Waals surface area (Å²) in [5.41, 5.74) is 0. The molecule has 1 fully saturated rings. The van der Waals surface area contributed by atoms with E-state index in [2.05, 4.69) is 12.2 Å². The van der Waals surface area contributed by atoms with Gasteiger partial charge in [-0.3, -0.25) is 4.79 Å². The Hall–Kier alpha value is -0.240. The summed E-state index contributed by atoms with van der Waals surface area (Å²) in [5, 5.41) is 2.94. The minimum absolute atomic E-state index is 0.0263. The van der Waals surface area contributed by atoms with Crippen molar-refractivity contribution in [2.24, 2.45) is 5.92 Å². The molecule has 0 radical (unpaired) electrons. The molecule has 1 aliphatic rings. The molecule has 1 saturated carbocycles. The smallest absolute Gasteiger partial charge is 0.235 e. The molecule has 1 rings (SSSR count). The number of nitrogens with one attached hydrogen (secondary N) is 1. The first-order chi connectivity index (χ1) is 6.26. The molecule has 0 aromatic heterocycles. The van der Waals surface area contributed by atoms with E-state index in [0.717, 1.165) is 18.8 Å². The van der Waals surface area contributed by atoms with Crippen molar-refractivity contribution in [2.45, 2.75) is 45.1 Å². The number of hydrogen-bond acceptors (Lipinski definition) is 1. The number of carbonyl (C=O) groups excluding carboxylic acids is 1. The van der Waals surface area contributed by atoms with Crippen molar-refractivity contribution in [1.29, 1.82) is 0 Å². The number of carbonyl (C=O) groups is 1. The molecule has 0 atom stereocenters. The minimum Gasteiger partial charge on any atom is -0.352 e. The first-order valence-corrected chi connectivity index (χ1v) is 5.65. The van der Waals surface area contributed by atoms with Crippen LogP contribution in [0.15, 0.2) is 0 Å². The summed E-state index contributed by atoms with van der Waals surface area (Å²) < 4.78 is 0. The lowest BCUT2D eigenvalue weighted by atomic mass is 9.84. The van der Waals surface area contributed by atoms with E-state index < -0.39 is 0 Å². The van der Waals surface area contributed by atoms with E-state index in [9.17, 15) is 4.79 Å². The van der Waals surface area contributed by atoms with Gasteiger partial charge in [0, 0.05) is 6.04 Å². The lowest BCUT2D eigenvalue weighted by molar-refractivity contribution is -0.119. The van der Waals surface area contributed by atoms with Crippen molar-refractivity contribution >= 4 is 17.5 Å². The maximum atomic E-state index is 11.0. The highest BCUT2D eigenvalue weighted by molar-refractivity contribution is 6.27. The molecule has 0 unspecified atom stereocenters. The van der Waals surface area contributed by atoms with Crippen molar-refractivity contribution in [3.63, 3.8) is 0 Å². The van der Waals surface area contributed by atoms with Crippen LogP contribution in [0.25, 0.3) is 0 Å². The third-order valence-electron chi connectivity index (χ3n) is 2.91. The summed E-state index contributed by atoms with van der Waals surface area (Å²) in [5.74, 6) is 0.944. The van der Waals surface area contributed by atoms with Gasteiger partial charge in [-0.15, -0.1) is 11.6 Å². The third kappa shape index (κ3) is 3.55. The maximum Gasteiger partial charge on any atom is 0.235 e. The summed E-state index contributed by atoms with van der Waals surface area (Å²) >= 11 is 5.42. The zero-order chi connectivity index (χ0) is 9.68. The van der Waals surface area contributed by atoms with Crippen LogP contribution in [0.5, 0.6) is 0 Å². The maximum absolute atomic E-state index is 11.0. The molecule has 1 aliphatic carbocycles. The number of hydrogen-bond donors (Lipinski definition) is 1. The van der Waals surface area contributed by atoms with Crippen molar-refractivity contribution < 1.29 is 4.79 Å². The van der Waals surface area contributed by atoms with Gasteiger partial charge in [0.2, 0.25) is 5.91 Å². The molecule has 2 nitrogen and oxygen atoms in total. The third-order valence-corrected chi connectivity index (χ3v) is 3.15. The summed E-state index contributed by atoms with van der Waals surface area (Å²) in [6, 6.07) is 0.383. The Labute approximate surface area is 85.0 Å². The average Bonchev–Trinajstić information content (AvgIpc) is 2.19. The van der Waals surface area contributed by atoms with Gasteiger partial charge in [0.05, 0.1) is 0 Å². The van der Waals surface area contributed by atoms with Crippen LogP contribution in [0, 0.1) is 5.92 Å². The van der Waals surface area contributed by atoms with Gasteiger partial charge in [0.25, 0.3) is 0 Å². The Morgan fingerprint density at radius 2 is 2.00 bits per heavy atom. The molecule has 0 spiro atoms. The van der Waals surface area contributed by atoms with Gasteiger partial charge in [0.15, 0.2) is 0 Å². The largest absolute Gasteiger partial charge is 0.352 e. The van der Waals surface area contributed by atoms with Crippen molar-refractivity contribution in [1.82, 2.24) is 5.32 Å². The Balaban J connectivity index is 2.21. The van der Waals surface area contributed by atoms with E-state index in [-0.39, 0.29) is 11.8 Å². The lowest BCUT2D eigenvalue weighted by Gasteiger charge is -2.28. The normalized spacial score (nSPS) is 28.5. The fourth-order valence-corrected chi connectivity index (χ4v) is 2.06. The van der Waals surface area contributed by atoms with E-state index in [1.807, 2.05) is 0 Å². The first kappa shape index (κ1) is 10.8. The fourth-order valence-electron chi connectivity index (χ4n) is 1.98. The van der Waals surface area contributed by atoms with E-state index in [4.69, 9.17) is 11.6 Å². The molecular formula is C10H18ClNO. The Morgan fingerprint density at radius 1 is 1.38 bits per heavy atom. The van der Waals surface area contributed by atoms with Gasteiger partial charge in [-0.05, 0) is 31.6 Å². The van der Waals surface area contributed by atoms with E-state index in [1.165, 1.54) is 19.3 Å². The SMILES string of the molecule is CCC1CCC(NC(=O)CCl)CC1. The molecular weight excluding hydrogens is 186 g/mol. The van der Waals surface area contributed by atoms with Gasteiger partial charge < -0.3 is 5.32 Å². The number of halogens is 1. The van der Waals surface area contributed by atoms with Gasteiger partial charge in [-0.1, -0.05) is 13.3 Å². The predicted molar refractivity (Wildman–Crippen MR) is 54.9 cm³/mol. The van der Waals surface area contributed by atoms with Crippen LogP contribution >= 0.6 is 11.6 Å². The number of rotatable bonds is 3. The minimum atomic E-state index is -0.0263. The summed E-state index contributed by atoms with van der Waals surface area (Å²) in [4.78, 5) is 11.0. The molecule has 0 bridgehead atoms. The van der Waals surface area contributed by atoms with Crippen LogP contribution in [0.1, 0.15) is 39.0 Å². The molecule has 0 aromatic carbocycles. The molecule has 0 aromatic rings. The summed E-state index contributed by atoms with van der Waals surface area (Å²) in [7, 11) is 0. The second-order valence-electron chi connectivity index (χ2n) is 3.83. The van der Waals surface area contributed by atoms with Crippen LogP contribution in [0.2, 0.25) is 0 Å². The van der Waals surface area contributed by atoms with Crippen molar-refractivity contribution in [3.8, 4) is 0 Å². The fraction of sp³-hybridized carbons (Fsp3) is 0.900. The number of amides is 1. The highest BCUT2D eigenvalue weighted by Crippen LogP contribution is 2.26. The van der Waals surface area contributed by atoms with Gasteiger partial charge >= 0.3 is 0 Å². The zero-order valence-electron chi connectivity index (χ0n) is 8.18. The second kappa shape index (κ2) is 5.48. The lowest BCUT2D eigenvalue weighted by Crippen LogP contribution is -2.38. The van der Waals surface area contributed by atoms with Crippen LogP contribution in [-0.4, -0.2) is 17.8 Å². The summed E-state index contributed by atoms with van der Waals surface area (Å²) in [6.45, 7) is 2.24. The van der Waals surface area contributed by atoms with Crippen LogP contribution in [-0.2, 0) is 4.79 Å². The predicted octanol–water partition coefficient (Wildman–Crippen LogP) is 2.31. The molecule has 1 N–H and O–H groups in total. The molecule has 3 heteroatoms. The van der Waals surface area contributed by atoms with Crippen molar-refractivity contribution in [3.05, 3.63) is 0 Å². The van der Waals surface area contributed by atoms with Crippen LogP contribution in [0.3, 0.4) is 0 Å². The second-order valence-corrected chi connectivity index (χ2v) is 4.09. The van der Waals surface area contributed by atoms with Crippen molar-refractivity contribution in [2.75, 3.05) is 5.88 Å². The highest BCUT2D eigenvalue weighted by Gasteiger charge is 2.20. The quantitative estimate of drug-likeness (QED) is 0.701. The molecule has 0 heterocycles. The average molecular weight is 204 g/mol. The molecule has 0 aliphatic heterocycles. The van der Waals surface area contributed by atoms with E-state index in [0.29, 0.717) is 6.04 Å². The first-order valence-electron chi connectivity index (χ1n) is 5.11. The highest BCUT2D eigenvalue weighted by atomic mass is 35.5. The van der Waals surface area contributed by atoms with E-state index in [1.54, 1.807) is 0 Å². The molecule has 0 saturated heterocycles. The zero-order valence-corrected chi connectivity index (χ0v) is 8.94. The molecule has 13 heavy (non-hydrogen) atoms.